The van der Waals surface area contributed by atoms with Gasteiger partial charge in [0.15, 0.2) is 0 Å². The molecule has 0 spiro atoms. The van der Waals surface area contributed by atoms with Gasteiger partial charge in [-0.1, -0.05) is 54.6 Å². The van der Waals surface area contributed by atoms with Gasteiger partial charge in [-0.25, -0.2) is 0 Å². The molecule has 2 amide bonds. The van der Waals surface area contributed by atoms with Gasteiger partial charge in [-0.2, -0.15) is 0 Å². The van der Waals surface area contributed by atoms with Crippen LogP contribution in [0.25, 0.3) is 0 Å². The molecule has 0 heterocycles. The summed E-state index contributed by atoms with van der Waals surface area (Å²) in [7, 11) is 1.98. The number of nitrogens with zero attached hydrogens (tertiary/aromatic N) is 1. The van der Waals surface area contributed by atoms with Crippen molar-refractivity contribution in [3.63, 3.8) is 0 Å². The molecule has 5 heteroatoms. The highest BCUT2D eigenvalue weighted by molar-refractivity contribution is 5.99. The third-order valence-corrected chi connectivity index (χ3v) is 4.28. The van der Waals surface area contributed by atoms with Crippen LogP contribution in [0.1, 0.15) is 15.9 Å². The number of amides is 2. The molecule has 2 N–H and O–H groups in total. The zero-order chi connectivity index (χ0) is 19.8. The van der Waals surface area contributed by atoms with Crippen LogP contribution in [0.3, 0.4) is 0 Å². The highest BCUT2D eigenvalue weighted by Gasteiger charge is 2.10. The first-order valence-electron chi connectivity index (χ1n) is 9.10. The summed E-state index contributed by atoms with van der Waals surface area (Å²) in [6.07, 6.45) is 0. The fourth-order valence-corrected chi connectivity index (χ4v) is 2.82. The SMILES string of the molecule is CN(Cc1ccccc1)c1cccc(C(=O)NCC(=O)Nc2ccccc2)c1. The molecule has 3 aromatic rings. The van der Waals surface area contributed by atoms with E-state index in [4.69, 9.17) is 0 Å². The summed E-state index contributed by atoms with van der Waals surface area (Å²) in [5.41, 5.74) is 3.35. The molecule has 0 bridgehead atoms. The van der Waals surface area contributed by atoms with Crippen LogP contribution < -0.4 is 15.5 Å². The maximum Gasteiger partial charge on any atom is 0.251 e. The highest BCUT2D eigenvalue weighted by atomic mass is 16.2. The van der Waals surface area contributed by atoms with Crippen molar-refractivity contribution in [2.75, 3.05) is 23.8 Å². The number of para-hydroxylation sites is 1. The second-order valence-electron chi connectivity index (χ2n) is 6.49. The summed E-state index contributed by atoms with van der Waals surface area (Å²) in [4.78, 5) is 26.5. The number of hydrogen-bond acceptors (Lipinski definition) is 3. The lowest BCUT2D eigenvalue weighted by molar-refractivity contribution is -0.115. The predicted octanol–water partition coefficient (Wildman–Crippen LogP) is 3.69. The van der Waals surface area contributed by atoms with E-state index < -0.39 is 0 Å². The molecule has 142 valence electrons. The smallest absolute Gasteiger partial charge is 0.251 e. The largest absolute Gasteiger partial charge is 0.370 e. The van der Waals surface area contributed by atoms with E-state index in [0.29, 0.717) is 11.3 Å². The Kier molecular flexibility index (Phi) is 6.41. The maximum atomic E-state index is 12.4. The highest BCUT2D eigenvalue weighted by Crippen LogP contribution is 2.17. The molecule has 28 heavy (non-hydrogen) atoms. The number of nitrogens with one attached hydrogen (secondary N) is 2. The van der Waals surface area contributed by atoms with Gasteiger partial charge in [0.2, 0.25) is 5.91 Å². The van der Waals surface area contributed by atoms with Crippen LogP contribution in [0.5, 0.6) is 0 Å². The number of carbonyl (C=O) groups is 2. The normalized spacial score (nSPS) is 10.2. The first-order chi connectivity index (χ1) is 13.6. The number of rotatable bonds is 7. The van der Waals surface area contributed by atoms with Crippen molar-refractivity contribution in [2.45, 2.75) is 6.54 Å². The summed E-state index contributed by atoms with van der Waals surface area (Å²) >= 11 is 0. The fourth-order valence-electron chi connectivity index (χ4n) is 2.82. The Morgan fingerprint density at radius 2 is 1.54 bits per heavy atom. The number of hydrogen-bond donors (Lipinski definition) is 2. The van der Waals surface area contributed by atoms with Crippen LogP contribution in [-0.2, 0) is 11.3 Å². The lowest BCUT2D eigenvalue weighted by Crippen LogP contribution is -2.33. The Hall–Kier alpha value is -3.60. The number of benzene rings is 3. The van der Waals surface area contributed by atoms with Crippen LogP contribution in [-0.4, -0.2) is 25.4 Å². The molecular formula is C23H23N3O2. The Bertz CT molecular complexity index is 927. The summed E-state index contributed by atoms with van der Waals surface area (Å²) < 4.78 is 0. The summed E-state index contributed by atoms with van der Waals surface area (Å²) in [5.74, 6) is -0.546. The minimum absolute atomic E-state index is 0.0855. The van der Waals surface area contributed by atoms with Gasteiger partial charge in [-0.05, 0) is 35.9 Å². The van der Waals surface area contributed by atoms with E-state index in [0.717, 1.165) is 12.2 Å². The Labute approximate surface area is 165 Å². The van der Waals surface area contributed by atoms with Gasteiger partial charge in [0, 0.05) is 30.5 Å². The Morgan fingerprint density at radius 3 is 2.25 bits per heavy atom. The first kappa shape index (κ1) is 19.2. The van der Waals surface area contributed by atoms with Gasteiger partial charge in [0.25, 0.3) is 5.91 Å². The van der Waals surface area contributed by atoms with Crippen LogP contribution in [0, 0.1) is 0 Å². The second kappa shape index (κ2) is 9.37. The van der Waals surface area contributed by atoms with E-state index >= 15 is 0 Å². The molecule has 0 aliphatic carbocycles. The van der Waals surface area contributed by atoms with Gasteiger partial charge in [-0.15, -0.1) is 0 Å². The molecule has 0 atom stereocenters. The van der Waals surface area contributed by atoms with Crippen molar-refractivity contribution in [2.24, 2.45) is 0 Å². The average Bonchev–Trinajstić information content (AvgIpc) is 2.73. The van der Waals surface area contributed by atoms with E-state index in [1.54, 1.807) is 18.2 Å². The number of carbonyl (C=O) groups excluding carboxylic acids is 2. The standard InChI is InChI=1S/C23H23N3O2/c1-26(17-18-9-4-2-5-10-18)21-14-8-11-19(15-21)23(28)24-16-22(27)25-20-12-6-3-7-13-20/h2-15H,16-17H2,1H3,(H,24,28)(H,25,27). The van der Waals surface area contributed by atoms with Crippen LogP contribution in [0.2, 0.25) is 0 Å². The van der Waals surface area contributed by atoms with E-state index in [-0.39, 0.29) is 18.4 Å². The summed E-state index contributed by atoms with van der Waals surface area (Å²) in [6.45, 7) is 0.656. The minimum atomic E-state index is -0.279. The van der Waals surface area contributed by atoms with Crippen molar-refractivity contribution >= 4 is 23.2 Å². The van der Waals surface area contributed by atoms with E-state index in [1.807, 2.05) is 61.6 Å². The predicted molar refractivity (Wildman–Crippen MR) is 112 cm³/mol. The molecule has 0 aliphatic rings. The van der Waals surface area contributed by atoms with Crippen molar-refractivity contribution < 1.29 is 9.59 Å². The van der Waals surface area contributed by atoms with Gasteiger partial charge >= 0.3 is 0 Å². The molecular weight excluding hydrogens is 350 g/mol. The molecule has 3 rings (SSSR count). The van der Waals surface area contributed by atoms with Crippen molar-refractivity contribution in [3.05, 3.63) is 96.1 Å². The lowest BCUT2D eigenvalue weighted by Gasteiger charge is -2.20. The molecule has 0 aliphatic heterocycles. The second-order valence-corrected chi connectivity index (χ2v) is 6.49. The first-order valence-corrected chi connectivity index (χ1v) is 9.10. The molecule has 0 aromatic heterocycles. The van der Waals surface area contributed by atoms with E-state index in [1.165, 1.54) is 5.56 Å². The van der Waals surface area contributed by atoms with Crippen molar-refractivity contribution in [1.29, 1.82) is 0 Å². The maximum absolute atomic E-state index is 12.4. The summed E-state index contributed by atoms with van der Waals surface area (Å²) in [6, 6.07) is 26.7. The quantitative estimate of drug-likeness (QED) is 0.664. The Balaban J connectivity index is 1.56. The van der Waals surface area contributed by atoms with Crippen LogP contribution in [0.15, 0.2) is 84.9 Å². The van der Waals surface area contributed by atoms with Gasteiger partial charge in [0.05, 0.1) is 6.54 Å². The zero-order valence-corrected chi connectivity index (χ0v) is 15.8. The zero-order valence-electron chi connectivity index (χ0n) is 15.8. The van der Waals surface area contributed by atoms with Crippen molar-refractivity contribution in [1.82, 2.24) is 5.32 Å². The number of anilines is 2. The van der Waals surface area contributed by atoms with Gasteiger partial charge < -0.3 is 15.5 Å². The molecule has 0 fully saturated rings. The molecule has 0 radical (unpaired) electrons. The molecule has 3 aromatic carbocycles. The van der Waals surface area contributed by atoms with Crippen molar-refractivity contribution in [3.8, 4) is 0 Å². The molecule has 0 unspecified atom stereocenters. The van der Waals surface area contributed by atoms with E-state index in [9.17, 15) is 9.59 Å². The fraction of sp³-hybridized carbons (Fsp3) is 0.130. The third kappa shape index (κ3) is 5.45. The van der Waals surface area contributed by atoms with Gasteiger partial charge in [0.1, 0.15) is 0 Å². The monoisotopic (exact) mass is 373 g/mol. The molecule has 0 saturated heterocycles. The molecule has 5 nitrogen and oxygen atoms in total. The topological polar surface area (TPSA) is 61.4 Å². The van der Waals surface area contributed by atoms with E-state index in [2.05, 4.69) is 27.7 Å². The van der Waals surface area contributed by atoms with Crippen LogP contribution in [0.4, 0.5) is 11.4 Å². The Morgan fingerprint density at radius 1 is 0.857 bits per heavy atom. The third-order valence-electron chi connectivity index (χ3n) is 4.28. The minimum Gasteiger partial charge on any atom is -0.370 e. The lowest BCUT2D eigenvalue weighted by atomic mass is 10.1. The summed E-state index contributed by atoms with van der Waals surface area (Å²) in [5, 5.41) is 5.41. The van der Waals surface area contributed by atoms with Gasteiger partial charge in [-0.3, -0.25) is 9.59 Å². The molecule has 0 saturated carbocycles. The average molecular weight is 373 g/mol. The van der Waals surface area contributed by atoms with Crippen LogP contribution >= 0.6 is 0 Å².